The van der Waals surface area contributed by atoms with Gasteiger partial charge >= 0.3 is 0 Å². The topological polar surface area (TPSA) is 95.6 Å². The molecular weight excluding hydrogens is 367 g/mol. The maximum atomic E-state index is 14.1. The number of hydrogen-bond donors (Lipinski definition) is 1. The number of benzene rings is 1. The Labute approximate surface area is 158 Å². The van der Waals surface area contributed by atoms with Crippen LogP contribution in [0.1, 0.15) is 5.56 Å². The fraction of sp³-hybridized carbons (Fsp3) is 0.111. The molecule has 27 heavy (non-hydrogen) atoms. The summed E-state index contributed by atoms with van der Waals surface area (Å²) >= 11 is 1.47. The first kappa shape index (κ1) is 17.2. The van der Waals surface area contributed by atoms with Gasteiger partial charge in [-0.15, -0.1) is 11.8 Å². The summed E-state index contributed by atoms with van der Waals surface area (Å²) in [5.74, 6) is 0.479. The van der Waals surface area contributed by atoms with Gasteiger partial charge in [0.05, 0.1) is 17.1 Å². The number of nitrogen functional groups attached to an aromatic ring is 1. The minimum Gasteiger partial charge on any atom is -0.383 e. The molecule has 0 aliphatic carbocycles. The minimum absolute atomic E-state index is 0.229. The molecule has 1 aromatic carbocycles. The van der Waals surface area contributed by atoms with Gasteiger partial charge in [-0.2, -0.15) is 5.10 Å². The Morgan fingerprint density at radius 1 is 1.22 bits per heavy atom. The molecule has 0 spiro atoms. The number of hydrogen-bond acceptors (Lipinski definition) is 7. The lowest BCUT2D eigenvalue weighted by Gasteiger charge is -2.06. The van der Waals surface area contributed by atoms with E-state index in [0.29, 0.717) is 34.3 Å². The minimum atomic E-state index is -0.300. The van der Waals surface area contributed by atoms with Gasteiger partial charge in [-0.3, -0.25) is 4.68 Å². The van der Waals surface area contributed by atoms with E-state index in [9.17, 15) is 4.39 Å². The van der Waals surface area contributed by atoms with Crippen molar-refractivity contribution >= 4 is 17.6 Å². The molecule has 3 heterocycles. The van der Waals surface area contributed by atoms with Crippen LogP contribution < -0.4 is 5.73 Å². The van der Waals surface area contributed by atoms with Crippen LogP contribution in [0.3, 0.4) is 0 Å². The molecule has 2 N–H and O–H groups in total. The average molecular weight is 382 g/mol. The Balaban J connectivity index is 1.78. The van der Waals surface area contributed by atoms with Crippen molar-refractivity contribution in [2.45, 2.75) is 11.4 Å². The standard InChI is InChI=1S/C18H15FN6OS/c1-27-16-9-21-18(22-17(16)20)14-8-15(13-6-7-26-24-13)25(23-14)10-11-4-2-3-5-12(11)19/h2-9H,10H2,1H3,(H2,20,21,22). The van der Waals surface area contributed by atoms with E-state index in [2.05, 4.69) is 20.2 Å². The zero-order chi connectivity index (χ0) is 18.8. The molecule has 0 amide bonds. The van der Waals surface area contributed by atoms with Crippen LogP contribution >= 0.6 is 11.8 Å². The second-order valence-electron chi connectivity index (χ2n) is 5.70. The van der Waals surface area contributed by atoms with E-state index in [0.717, 1.165) is 4.90 Å². The smallest absolute Gasteiger partial charge is 0.182 e. The first-order valence-corrected chi connectivity index (χ1v) is 9.27. The first-order chi connectivity index (χ1) is 13.2. The zero-order valence-corrected chi connectivity index (χ0v) is 15.2. The molecule has 0 fully saturated rings. The Morgan fingerprint density at radius 2 is 2.07 bits per heavy atom. The lowest BCUT2D eigenvalue weighted by atomic mass is 10.2. The molecule has 4 rings (SSSR count). The number of thioether (sulfide) groups is 1. The number of nitrogens with two attached hydrogens (primary N) is 1. The predicted molar refractivity (Wildman–Crippen MR) is 100 cm³/mol. The van der Waals surface area contributed by atoms with Gasteiger partial charge in [0, 0.05) is 17.8 Å². The first-order valence-electron chi connectivity index (χ1n) is 8.04. The third-order valence-electron chi connectivity index (χ3n) is 3.99. The molecule has 0 aliphatic rings. The Kier molecular flexibility index (Phi) is 4.59. The predicted octanol–water partition coefficient (Wildman–Crippen LogP) is 3.49. The summed E-state index contributed by atoms with van der Waals surface area (Å²) in [7, 11) is 0. The van der Waals surface area contributed by atoms with Gasteiger partial charge in [0.25, 0.3) is 0 Å². The van der Waals surface area contributed by atoms with Crippen LogP contribution in [0.15, 0.2) is 58.3 Å². The van der Waals surface area contributed by atoms with Gasteiger partial charge in [-0.25, -0.2) is 14.4 Å². The van der Waals surface area contributed by atoms with Gasteiger partial charge in [-0.05, 0) is 18.4 Å². The van der Waals surface area contributed by atoms with Gasteiger partial charge in [-0.1, -0.05) is 23.4 Å². The molecule has 7 nitrogen and oxygen atoms in total. The van der Waals surface area contributed by atoms with Crippen molar-refractivity contribution < 1.29 is 8.91 Å². The molecule has 0 radical (unpaired) electrons. The van der Waals surface area contributed by atoms with E-state index in [-0.39, 0.29) is 12.4 Å². The summed E-state index contributed by atoms with van der Waals surface area (Å²) in [4.78, 5) is 9.45. The second-order valence-corrected chi connectivity index (χ2v) is 6.54. The summed E-state index contributed by atoms with van der Waals surface area (Å²) in [5, 5.41) is 8.52. The molecule has 0 saturated carbocycles. The van der Waals surface area contributed by atoms with Gasteiger partial charge < -0.3 is 10.3 Å². The monoisotopic (exact) mass is 382 g/mol. The molecule has 0 saturated heterocycles. The maximum Gasteiger partial charge on any atom is 0.182 e. The summed E-state index contributed by atoms with van der Waals surface area (Å²) < 4.78 is 20.7. The Hall–Kier alpha value is -3.20. The number of nitrogens with zero attached hydrogens (tertiary/aromatic N) is 5. The van der Waals surface area contributed by atoms with Crippen LogP contribution in [-0.2, 0) is 6.54 Å². The van der Waals surface area contributed by atoms with Crippen molar-refractivity contribution in [1.82, 2.24) is 24.9 Å². The number of halogens is 1. The molecule has 3 aromatic heterocycles. The zero-order valence-electron chi connectivity index (χ0n) is 14.3. The lowest BCUT2D eigenvalue weighted by molar-refractivity contribution is 0.421. The van der Waals surface area contributed by atoms with E-state index >= 15 is 0 Å². The molecular formula is C18H15FN6OS. The molecule has 0 atom stereocenters. The molecule has 0 unspecified atom stereocenters. The van der Waals surface area contributed by atoms with Crippen LogP contribution in [0.25, 0.3) is 22.9 Å². The van der Waals surface area contributed by atoms with Crippen molar-refractivity contribution in [3.8, 4) is 22.9 Å². The van der Waals surface area contributed by atoms with Crippen LogP contribution in [0.4, 0.5) is 10.2 Å². The van der Waals surface area contributed by atoms with E-state index < -0.39 is 0 Å². The fourth-order valence-corrected chi connectivity index (χ4v) is 3.06. The SMILES string of the molecule is CSc1cnc(-c2cc(-c3ccon3)n(Cc3ccccc3F)n2)nc1N. The van der Waals surface area contributed by atoms with Gasteiger partial charge in [0.2, 0.25) is 0 Å². The molecule has 0 aliphatic heterocycles. The third-order valence-corrected chi connectivity index (χ3v) is 4.74. The Bertz CT molecular complexity index is 1080. The molecule has 9 heteroatoms. The quantitative estimate of drug-likeness (QED) is 0.528. The highest BCUT2D eigenvalue weighted by atomic mass is 32.2. The van der Waals surface area contributed by atoms with Crippen molar-refractivity contribution in [2.24, 2.45) is 0 Å². The van der Waals surface area contributed by atoms with Crippen molar-refractivity contribution in [2.75, 3.05) is 12.0 Å². The molecule has 0 bridgehead atoms. The van der Waals surface area contributed by atoms with Crippen LogP contribution in [0, 0.1) is 5.82 Å². The van der Waals surface area contributed by atoms with Crippen molar-refractivity contribution in [1.29, 1.82) is 0 Å². The largest absolute Gasteiger partial charge is 0.383 e. The number of rotatable bonds is 5. The fourth-order valence-electron chi connectivity index (χ4n) is 2.65. The van der Waals surface area contributed by atoms with Gasteiger partial charge in [0.1, 0.15) is 29.3 Å². The second kappa shape index (κ2) is 7.20. The van der Waals surface area contributed by atoms with Crippen molar-refractivity contribution in [3.05, 3.63) is 60.2 Å². The number of anilines is 1. The van der Waals surface area contributed by atoms with E-state index in [1.807, 2.05) is 6.26 Å². The normalized spacial score (nSPS) is 11.0. The highest BCUT2D eigenvalue weighted by Crippen LogP contribution is 2.27. The lowest BCUT2D eigenvalue weighted by Crippen LogP contribution is -2.06. The van der Waals surface area contributed by atoms with Crippen LogP contribution in [0.2, 0.25) is 0 Å². The van der Waals surface area contributed by atoms with Crippen LogP contribution in [-0.4, -0.2) is 31.2 Å². The summed E-state index contributed by atoms with van der Waals surface area (Å²) in [6.07, 6.45) is 5.03. The van der Waals surface area contributed by atoms with E-state index in [4.69, 9.17) is 10.3 Å². The van der Waals surface area contributed by atoms with Gasteiger partial charge in [0.15, 0.2) is 5.82 Å². The average Bonchev–Trinajstić information content (AvgIpc) is 3.33. The maximum absolute atomic E-state index is 14.1. The highest BCUT2D eigenvalue weighted by Gasteiger charge is 2.17. The third kappa shape index (κ3) is 3.41. The summed E-state index contributed by atoms with van der Waals surface area (Å²) in [6.45, 7) is 0.229. The molecule has 4 aromatic rings. The van der Waals surface area contributed by atoms with E-state index in [1.54, 1.807) is 41.2 Å². The van der Waals surface area contributed by atoms with Crippen molar-refractivity contribution in [3.63, 3.8) is 0 Å². The number of aromatic nitrogens is 5. The van der Waals surface area contributed by atoms with E-state index in [1.165, 1.54) is 24.1 Å². The summed E-state index contributed by atoms with van der Waals surface area (Å²) in [6, 6.07) is 10.1. The Morgan fingerprint density at radius 3 is 2.78 bits per heavy atom. The van der Waals surface area contributed by atoms with Crippen LogP contribution in [0.5, 0.6) is 0 Å². The molecule has 136 valence electrons. The highest BCUT2D eigenvalue weighted by molar-refractivity contribution is 7.98. The summed E-state index contributed by atoms with van der Waals surface area (Å²) in [5.41, 5.74) is 8.24.